The number of rotatable bonds is 2. The van der Waals surface area contributed by atoms with E-state index in [0.29, 0.717) is 5.75 Å². The van der Waals surface area contributed by atoms with Crippen molar-refractivity contribution in [2.75, 3.05) is 0 Å². The number of carbonyl (C=O) groups is 1. The van der Waals surface area contributed by atoms with Crippen molar-refractivity contribution < 1.29 is 14.6 Å². The molecule has 0 saturated carbocycles. The zero-order valence-electron chi connectivity index (χ0n) is 9.37. The third-order valence-electron chi connectivity index (χ3n) is 1.65. The molecule has 0 aliphatic rings. The molecule has 0 unspecified atom stereocenters. The van der Waals surface area contributed by atoms with E-state index in [1.54, 1.807) is 13.0 Å². The summed E-state index contributed by atoms with van der Waals surface area (Å²) in [5.74, 6) is -0.663. The van der Waals surface area contributed by atoms with Gasteiger partial charge in [-0.1, -0.05) is 0 Å². The summed E-state index contributed by atoms with van der Waals surface area (Å²) >= 11 is 0. The minimum absolute atomic E-state index is 0.0931. The van der Waals surface area contributed by atoms with Gasteiger partial charge in [0, 0.05) is 18.0 Å². The first-order valence-electron chi connectivity index (χ1n) is 4.68. The Morgan fingerprint density at radius 3 is 2.53 bits per heavy atom. The van der Waals surface area contributed by atoms with Crippen LogP contribution < -0.4 is 4.74 Å². The van der Waals surface area contributed by atoms with Crippen molar-refractivity contribution in [3.8, 4) is 5.75 Å². The summed E-state index contributed by atoms with van der Waals surface area (Å²) in [7, 11) is 0. The number of aromatic nitrogens is 1. The number of aryl methyl sites for hydroxylation is 1. The fraction of sp³-hybridized carbons (Fsp3) is 0.455. The quantitative estimate of drug-likeness (QED) is 0.811. The molecule has 1 aromatic rings. The maximum absolute atomic E-state index is 10.9. The SMILES string of the molecule is Cc1cc(OC(C)(C)C)c(C(=O)O)cn1. The van der Waals surface area contributed by atoms with Crippen LogP contribution in [0.5, 0.6) is 5.75 Å². The molecule has 0 spiro atoms. The van der Waals surface area contributed by atoms with Crippen molar-refractivity contribution >= 4 is 5.97 Å². The zero-order chi connectivity index (χ0) is 11.6. The Kier molecular flexibility index (Phi) is 2.98. The zero-order valence-corrected chi connectivity index (χ0v) is 9.37. The predicted molar refractivity (Wildman–Crippen MR) is 56.3 cm³/mol. The minimum Gasteiger partial charge on any atom is -0.487 e. The average Bonchev–Trinajstić information content (AvgIpc) is 1.99. The molecule has 0 aromatic carbocycles. The third kappa shape index (κ3) is 3.23. The molecule has 82 valence electrons. The molecule has 1 N–H and O–H groups in total. The van der Waals surface area contributed by atoms with Gasteiger partial charge in [0.05, 0.1) is 0 Å². The van der Waals surface area contributed by atoms with Gasteiger partial charge in [-0.25, -0.2) is 4.79 Å². The molecule has 0 atom stereocenters. The summed E-state index contributed by atoms with van der Waals surface area (Å²) in [4.78, 5) is 14.8. The standard InChI is InChI=1S/C11H15NO3/c1-7-5-9(15-11(2,3)4)8(6-12-7)10(13)14/h5-6H,1-4H3,(H,13,14). The maximum Gasteiger partial charge on any atom is 0.341 e. The van der Waals surface area contributed by atoms with Crippen molar-refractivity contribution in [3.63, 3.8) is 0 Å². The smallest absolute Gasteiger partial charge is 0.341 e. The molecule has 1 rings (SSSR count). The molecule has 4 heteroatoms. The summed E-state index contributed by atoms with van der Waals surface area (Å²) in [6, 6.07) is 1.63. The number of hydrogen-bond donors (Lipinski definition) is 1. The summed E-state index contributed by atoms with van der Waals surface area (Å²) in [5.41, 5.74) is 0.410. The third-order valence-corrected chi connectivity index (χ3v) is 1.65. The Hall–Kier alpha value is -1.58. The summed E-state index contributed by atoms with van der Waals surface area (Å²) < 4.78 is 5.55. The molecular weight excluding hydrogens is 194 g/mol. The molecule has 0 fully saturated rings. The fourth-order valence-electron chi connectivity index (χ4n) is 1.11. The largest absolute Gasteiger partial charge is 0.487 e. The molecule has 0 radical (unpaired) electrons. The van der Waals surface area contributed by atoms with Crippen LogP contribution >= 0.6 is 0 Å². The van der Waals surface area contributed by atoms with Gasteiger partial charge in [0.2, 0.25) is 0 Å². The van der Waals surface area contributed by atoms with Crippen LogP contribution in [0.2, 0.25) is 0 Å². The Labute approximate surface area is 88.9 Å². The number of nitrogens with zero attached hydrogens (tertiary/aromatic N) is 1. The van der Waals surface area contributed by atoms with E-state index >= 15 is 0 Å². The van der Waals surface area contributed by atoms with E-state index in [1.807, 2.05) is 20.8 Å². The Bertz CT molecular complexity index is 380. The van der Waals surface area contributed by atoms with Gasteiger partial charge in [-0.2, -0.15) is 0 Å². The Balaban J connectivity index is 3.13. The van der Waals surface area contributed by atoms with Crippen LogP contribution in [0.25, 0.3) is 0 Å². The van der Waals surface area contributed by atoms with Crippen LogP contribution in [0.3, 0.4) is 0 Å². The Morgan fingerprint density at radius 2 is 2.07 bits per heavy atom. The lowest BCUT2D eigenvalue weighted by Gasteiger charge is -2.22. The highest BCUT2D eigenvalue weighted by atomic mass is 16.5. The lowest BCUT2D eigenvalue weighted by Crippen LogP contribution is -2.24. The molecule has 1 aromatic heterocycles. The number of carboxylic acid groups (broad SMARTS) is 1. The van der Waals surface area contributed by atoms with E-state index in [9.17, 15) is 4.79 Å². The topological polar surface area (TPSA) is 59.4 Å². The lowest BCUT2D eigenvalue weighted by atomic mass is 10.1. The van der Waals surface area contributed by atoms with Crippen LogP contribution in [0.4, 0.5) is 0 Å². The van der Waals surface area contributed by atoms with Gasteiger partial charge in [-0.15, -0.1) is 0 Å². The van der Waals surface area contributed by atoms with E-state index in [2.05, 4.69) is 4.98 Å². The summed E-state index contributed by atoms with van der Waals surface area (Å²) in [6.07, 6.45) is 1.32. The van der Waals surface area contributed by atoms with Gasteiger partial charge < -0.3 is 9.84 Å². The minimum atomic E-state index is -1.03. The van der Waals surface area contributed by atoms with Gasteiger partial charge in [-0.05, 0) is 27.7 Å². The summed E-state index contributed by atoms with van der Waals surface area (Å²) in [6.45, 7) is 7.40. The number of hydrogen-bond acceptors (Lipinski definition) is 3. The molecule has 0 saturated heterocycles. The van der Waals surface area contributed by atoms with Crippen LogP contribution in [-0.2, 0) is 0 Å². The van der Waals surface area contributed by atoms with Crippen LogP contribution in [0.1, 0.15) is 36.8 Å². The number of pyridine rings is 1. The van der Waals surface area contributed by atoms with Gasteiger partial charge in [0.15, 0.2) is 0 Å². The number of aromatic carboxylic acids is 1. The number of ether oxygens (including phenoxy) is 1. The Morgan fingerprint density at radius 1 is 1.47 bits per heavy atom. The van der Waals surface area contributed by atoms with Crippen LogP contribution in [-0.4, -0.2) is 21.7 Å². The number of carboxylic acids is 1. The van der Waals surface area contributed by atoms with E-state index in [0.717, 1.165) is 5.69 Å². The van der Waals surface area contributed by atoms with E-state index in [4.69, 9.17) is 9.84 Å². The second kappa shape index (κ2) is 3.88. The fourth-order valence-corrected chi connectivity index (χ4v) is 1.11. The first-order chi connectivity index (χ1) is 6.79. The van der Waals surface area contributed by atoms with Gasteiger partial charge >= 0.3 is 5.97 Å². The van der Waals surface area contributed by atoms with Crippen LogP contribution in [0.15, 0.2) is 12.3 Å². The van der Waals surface area contributed by atoms with Crippen molar-refractivity contribution in [2.24, 2.45) is 0 Å². The molecular formula is C11H15NO3. The van der Waals surface area contributed by atoms with Crippen molar-refractivity contribution in [1.29, 1.82) is 0 Å². The van der Waals surface area contributed by atoms with E-state index in [-0.39, 0.29) is 5.56 Å². The molecule has 4 nitrogen and oxygen atoms in total. The van der Waals surface area contributed by atoms with E-state index < -0.39 is 11.6 Å². The first kappa shape index (κ1) is 11.5. The average molecular weight is 209 g/mol. The molecule has 0 aliphatic heterocycles. The van der Waals surface area contributed by atoms with Crippen molar-refractivity contribution in [1.82, 2.24) is 4.98 Å². The van der Waals surface area contributed by atoms with Crippen LogP contribution in [0, 0.1) is 6.92 Å². The highest BCUT2D eigenvalue weighted by Gasteiger charge is 2.18. The second-order valence-corrected chi connectivity index (χ2v) is 4.34. The first-order valence-corrected chi connectivity index (χ1v) is 4.68. The van der Waals surface area contributed by atoms with Gasteiger partial charge in [0.1, 0.15) is 16.9 Å². The molecule has 0 aliphatic carbocycles. The molecule has 0 amide bonds. The lowest BCUT2D eigenvalue weighted by molar-refractivity contribution is 0.0680. The highest BCUT2D eigenvalue weighted by Crippen LogP contribution is 2.23. The predicted octanol–water partition coefficient (Wildman–Crippen LogP) is 2.27. The molecule has 1 heterocycles. The normalized spacial score (nSPS) is 11.2. The van der Waals surface area contributed by atoms with Crippen molar-refractivity contribution in [3.05, 3.63) is 23.5 Å². The molecule has 0 bridgehead atoms. The molecule has 15 heavy (non-hydrogen) atoms. The summed E-state index contributed by atoms with van der Waals surface area (Å²) in [5, 5.41) is 8.93. The monoisotopic (exact) mass is 209 g/mol. The van der Waals surface area contributed by atoms with E-state index in [1.165, 1.54) is 6.20 Å². The van der Waals surface area contributed by atoms with Crippen molar-refractivity contribution in [2.45, 2.75) is 33.3 Å². The highest BCUT2D eigenvalue weighted by molar-refractivity contribution is 5.90. The van der Waals surface area contributed by atoms with Gasteiger partial charge in [-0.3, -0.25) is 4.98 Å². The van der Waals surface area contributed by atoms with Gasteiger partial charge in [0.25, 0.3) is 0 Å². The maximum atomic E-state index is 10.9. The second-order valence-electron chi connectivity index (χ2n) is 4.34.